The van der Waals surface area contributed by atoms with E-state index in [4.69, 9.17) is 4.74 Å². The largest absolute Gasteiger partial charge is 0.374 e. The molecule has 5 heteroatoms. The molecule has 0 spiro atoms. The molecule has 1 saturated carbocycles. The Morgan fingerprint density at radius 2 is 2.28 bits per heavy atom. The molecule has 2 N–H and O–H groups in total. The van der Waals surface area contributed by atoms with Gasteiger partial charge in [-0.1, -0.05) is 6.92 Å². The maximum Gasteiger partial charge on any atom is 0.221 e. The topological polar surface area (TPSA) is 53.6 Å². The summed E-state index contributed by atoms with van der Waals surface area (Å²) in [4.78, 5) is 13.9. The van der Waals surface area contributed by atoms with Crippen LogP contribution in [0.4, 0.5) is 0 Å². The third kappa shape index (κ3) is 4.92. The van der Waals surface area contributed by atoms with Gasteiger partial charge in [-0.2, -0.15) is 0 Å². The fourth-order valence-electron chi connectivity index (χ4n) is 2.18. The van der Waals surface area contributed by atoms with Gasteiger partial charge in [-0.05, 0) is 19.4 Å². The molecule has 0 radical (unpaired) electrons. The second-order valence-electron chi connectivity index (χ2n) is 5.18. The molecular weight excluding hydrogens is 230 g/mol. The van der Waals surface area contributed by atoms with Gasteiger partial charge in [-0.15, -0.1) is 0 Å². The third-order valence-corrected chi connectivity index (χ3v) is 3.51. The lowest BCUT2D eigenvalue weighted by Gasteiger charge is -2.32. The summed E-state index contributed by atoms with van der Waals surface area (Å²) in [6.45, 7) is 7.70. The van der Waals surface area contributed by atoms with Crippen LogP contribution in [0.15, 0.2) is 0 Å². The normalized spacial score (nSPS) is 25.1. The van der Waals surface area contributed by atoms with Crippen LogP contribution in [0.3, 0.4) is 0 Å². The van der Waals surface area contributed by atoms with Gasteiger partial charge in [-0.3, -0.25) is 9.69 Å². The molecule has 104 valence electrons. The second kappa shape index (κ2) is 7.07. The van der Waals surface area contributed by atoms with Crippen LogP contribution < -0.4 is 10.6 Å². The van der Waals surface area contributed by atoms with E-state index in [-0.39, 0.29) is 12.0 Å². The van der Waals surface area contributed by atoms with Crippen LogP contribution >= 0.6 is 0 Å². The van der Waals surface area contributed by atoms with E-state index in [1.54, 1.807) is 0 Å². The molecule has 2 aliphatic rings. The lowest BCUT2D eigenvalue weighted by molar-refractivity contribution is -0.121. The van der Waals surface area contributed by atoms with Crippen molar-refractivity contribution in [1.29, 1.82) is 0 Å². The van der Waals surface area contributed by atoms with Crippen LogP contribution in [0.5, 0.6) is 0 Å². The van der Waals surface area contributed by atoms with Gasteiger partial charge in [-0.25, -0.2) is 0 Å². The standard InChI is InChI=1S/C13H25N3O2/c1-2-16-7-8-18-12(10-16)9-14-6-5-13(17)15-11-3-4-11/h11-12,14H,2-10H2,1H3,(H,15,17). The molecule has 1 amide bonds. The summed E-state index contributed by atoms with van der Waals surface area (Å²) in [6.07, 6.45) is 3.15. The summed E-state index contributed by atoms with van der Waals surface area (Å²) >= 11 is 0. The number of hydrogen-bond acceptors (Lipinski definition) is 4. The van der Waals surface area contributed by atoms with E-state index in [0.29, 0.717) is 12.5 Å². The Kier molecular flexibility index (Phi) is 5.41. The molecular formula is C13H25N3O2. The van der Waals surface area contributed by atoms with Crippen molar-refractivity contribution in [2.75, 3.05) is 39.3 Å². The fraction of sp³-hybridized carbons (Fsp3) is 0.923. The van der Waals surface area contributed by atoms with Crippen molar-refractivity contribution in [1.82, 2.24) is 15.5 Å². The van der Waals surface area contributed by atoms with Gasteiger partial charge < -0.3 is 15.4 Å². The van der Waals surface area contributed by atoms with Gasteiger partial charge >= 0.3 is 0 Å². The van der Waals surface area contributed by atoms with Crippen LogP contribution in [0.25, 0.3) is 0 Å². The minimum absolute atomic E-state index is 0.171. The minimum atomic E-state index is 0.171. The Morgan fingerprint density at radius 1 is 1.44 bits per heavy atom. The highest BCUT2D eigenvalue weighted by molar-refractivity contribution is 5.76. The molecule has 0 aromatic heterocycles. The van der Waals surface area contributed by atoms with Gasteiger partial charge in [0.1, 0.15) is 0 Å². The summed E-state index contributed by atoms with van der Waals surface area (Å²) in [6, 6.07) is 0.470. The number of carbonyl (C=O) groups excluding carboxylic acids is 1. The van der Waals surface area contributed by atoms with Crippen molar-refractivity contribution in [3.63, 3.8) is 0 Å². The highest BCUT2D eigenvalue weighted by Gasteiger charge is 2.23. The lowest BCUT2D eigenvalue weighted by Crippen LogP contribution is -2.46. The number of ether oxygens (including phenoxy) is 1. The SMILES string of the molecule is CCN1CCOC(CNCCC(=O)NC2CC2)C1. The monoisotopic (exact) mass is 255 g/mol. The average Bonchev–Trinajstić information content (AvgIpc) is 3.19. The number of amides is 1. The fourth-order valence-corrected chi connectivity index (χ4v) is 2.18. The number of nitrogens with one attached hydrogen (secondary N) is 2. The quantitative estimate of drug-likeness (QED) is 0.627. The zero-order valence-electron chi connectivity index (χ0n) is 11.3. The van der Waals surface area contributed by atoms with E-state index in [2.05, 4.69) is 22.5 Å². The molecule has 2 fully saturated rings. The first-order valence-electron chi connectivity index (χ1n) is 7.12. The molecule has 0 aromatic carbocycles. The maximum atomic E-state index is 11.5. The molecule has 5 nitrogen and oxygen atoms in total. The Balaban J connectivity index is 1.50. The number of hydrogen-bond donors (Lipinski definition) is 2. The summed E-state index contributed by atoms with van der Waals surface area (Å²) < 4.78 is 5.69. The Morgan fingerprint density at radius 3 is 3.00 bits per heavy atom. The van der Waals surface area contributed by atoms with Crippen LogP contribution in [0.2, 0.25) is 0 Å². The molecule has 0 bridgehead atoms. The van der Waals surface area contributed by atoms with Crippen molar-refractivity contribution >= 4 is 5.91 Å². The van der Waals surface area contributed by atoms with Crippen molar-refractivity contribution in [3.05, 3.63) is 0 Å². The van der Waals surface area contributed by atoms with Crippen molar-refractivity contribution in [2.24, 2.45) is 0 Å². The second-order valence-corrected chi connectivity index (χ2v) is 5.18. The minimum Gasteiger partial charge on any atom is -0.374 e. The van der Waals surface area contributed by atoms with E-state index in [9.17, 15) is 4.79 Å². The molecule has 1 aliphatic carbocycles. The number of nitrogens with zero attached hydrogens (tertiary/aromatic N) is 1. The molecule has 1 saturated heterocycles. The van der Waals surface area contributed by atoms with E-state index in [0.717, 1.165) is 52.2 Å². The first-order valence-corrected chi connectivity index (χ1v) is 7.12. The van der Waals surface area contributed by atoms with Crippen molar-refractivity contribution in [3.8, 4) is 0 Å². The molecule has 1 atom stereocenters. The predicted molar refractivity (Wildman–Crippen MR) is 70.5 cm³/mol. The maximum absolute atomic E-state index is 11.5. The number of morpholine rings is 1. The lowest BCUT2D eigenvalue weighted by atomic mass is 10.2. The molecule has 1 heterocycles. The third-order valence-electron chi connectivity index (χ3n) is 3.51. The van der Waals surface area contributed by atoms with E-state index in [1.165, 1.54) is 0 Å². The van der Waals surface area contributed by atoms with Crippen LogP contribution in [0, 0.1) is 0 Å². The summed E-state index contributed by atoms with van der Waals surface area (Å²) in [5, 5.41) is 6.30. The van der Waals surface area contributed by atoms with Gasteiger partial charge in [0, 0.05) is 38.6 Å². The molecule has 1 unspecified atom stereocenters. The van der Waals surface area contributed by atoms with Crippen LogP contribution in [-0.2, 0) is 9.53 Å². The zero-order chi connectivity index (χ0) is 12.8. The Hall–Kier alpha value is -0.650. The van der Waals surface area contributed by atoms with Gasteiger partial charge in [0.15, 0.2) is 0 Å². The number of rotatable bonds is 7. The first-order chi connectivity index (χ1) is 8.78. The summed E-state index contributed by atoms with van der Waals surface area (Å²) in [5.41, 5.74) is 0. The summed E-state index contributed by atoms with van der Waals surface area (Å²) in [7, 11) is 0. The smallest absolute Gasteiger partial charge is 0.221 e. The number of carbonyl (C=O) groups is 1. The van der Waals surface area contributed by atoms with E-state index in [1.807, 2.05) is 0 Å². The van der Waals surface area contributed by atoms with Gasteiger partial charge in [0.05, 0.1) is 12.7 Å². The van der Waals surface area contributed by atoms with Gasteiger partial charge in [0.25, 0.3) is 0 Å². The van der Waals surface area contributed by atoms with Crippen LogP contribution in [0.1, 0.15) is 26.2 Å². The van der Waals surface area contributed by atoms with Crippen LogP contribution in [-0.4, -0.2) is 62.3 Å². The highest BCUT2D eigenvalue weighted by atomic mass is 16.5. The zero-order valence-corrected chi connectivity index (χ0v) is 11.3. The molecule has 18 heavy (non-hydrogen) atoms. The summed E-state index contributed by atoms with van der Waals surface area (Å²) in [5.74, 6) is 0.171. The van der Waals surface area contributed by atoms with E-state index < -0.39 is 0 Å². The predicted octanol–water partition coefficient (Wildman–Crippen LogP) is -0.0346. The molecule has 1 aliphatic heterocycles. The Labute approximate surface area is 109 Å². The molecule has 2 rings (SSSR count). The first kappa shape index (κ1) is 13.8. The average molecular weight is 255 g/mol. The van der Waals surface area contributed by atoms with Gasteiger partial charge in [0.2, 0.25) is 5.91 Å². The van der Waals surface area contributed by atoms with E-state index >= 15 is 0 Å². The molecule has 0 aromatic rings. The van der Waals surface area contributed by atoms with Crippen molar-refractivity contribution < 1.29 is 9.53 Å². The highest BCUT2D eigenvalue weighted by Crippen LogP contribution is 2.18. The van der Waals surface area contributed by atoms with Crippen molar-refractivity contribution in [2.45, 2.75) is 38.3 Å². The number of likely N-dealkylation sites (N-methyl/N-ethyl adjacent to an activating group) is 1. The Bertz CT molecular complexity index is 269.